The predicted molar refractivity (Wildman–Crippen MR) is 65.4 cm³/mol. The van der Waals surface area contributed by atoms with Crippen LogP contribution >= 0.6 is 0 Å². The third-order valence-corrected chi connectivity index (χ3v) is 2.22. The van der Waals surface area contributed by atoms with Gasteiger partial charge in [-0.25, -0.2) is 9.36 Å². The maximum absolute atomic E-state index is 11.5. The van der Waals surface area contributed by atoms with Crippen molar-refractivity contribution in [2.24, 2.45) is 7.05 Å². The number of aromatic nitrogens is 1. The number of hydrogen-bond acceptors (Lipinski definition) is 2. The van der Waals surface area contributed by atoms with E-state index >= 15 is 0 Å². The van der Waals surface area contributed by atoms with Crippen LogP contribution in [0.4, 0.5) is 4.79 Å². The normalized spacial score (nSPS) is 10.5. The van der Waals surface area contributed by atoms with Gasteiger partial charge in [-0.1, -0.05) is 0 Å². The number of nitrogens with zero attached hydrogens (tertiary/aromatic N) is 1. The van der Waals surface area contributed by atoms with Gasteiger partial charge in [0, 0.05) is 12.1 Å². The van der Waals surface area contributed by atoms with E-state index in [0.717, 1.165) is 5.69 Å². The highest BCUT2D eigenvalue weighted by atomic mass is 127. The van der Waals surface area contributed by atoms with Crippen molar-refractivity contribution < 1.29 is 38.1 Å². The molecule has 0 aliphatic heterocycles. The zero-order chi connectivity index (χ0) is 13.1. The van der Waals surface area contributed by atoms with Gasteiger partial charge in [-0.2, -0.15) is 0 Å². The minimum atomic E-state index is -0.459. The van der Waals surface area contributed by atoms with Gasteiger partial charge in [0.15, 0.2) is 6.20 Å². The van der Waals surface area contributed by atoms with E-state index in [1.54, 1.807) is 0 Å². The number of carbonyl (C=O) groups excluding carboxylic acids is 1. The van der Waals surface area contributed by atoms with Crippen LogP contribution in [-0.2, 0) is 18.3 Å². The van der Waals surface area contributed by atoms with Gasteiger partial charge in [-0.05, 0) is 33.3 Å². The predicted octanol–water partition coefficient (Wildman–Crippen LogP) is -1.15. The molecule has 0 spiro atoms. The molecule has 0 unspecified atom stereocenters. The SMILES string of the molecule is Cc1cc[n+](C)c(CNC(=O)OC(C)(C)C)c1.[I-]. The maximum atomic E-state index is 11.5. The van der Waals surface area contributed by atoms with Crippen LogP contribution in [0.3, 0.4) is 0 Å². The quantitative estimate of drug-likeness (QED) is 0.532. The Morgan fingerprint density at radius 3 is 2.61 bits per heavy atom. The summed E-state index contributed by atoms with van der Waals surface area (Å²) in [7, 11) is 1.95. The highest BCUT2D eigenvalue weighted by Gasteiger charge is 2.17. The fourth-order valence-corrected chi connectivity index (χ4v) is 1.39. The Morgan fingerprint density at radius 2 is 2.06 bits per heavy atom. The molecule has 1 amide bonds. The molecule has 1 aromatic rings. The molecule has 102 valence electrons. The van der Waals surface area contributed by atoms with Crippen LogP contribution in [0, 0.1) is 6.92 Å². The fourth-order valence-electron chi connectivity index (χ4n) is 1.39. The van der Waals surface area contributed by atoms with E-state index in [4.69, 9.17) is 4.74 Å². The molecule has 0 saturated heterocycles. The number of rotatable bonds is 2. The number of nitrogens with one attached hydrogen (secondary N) is 1. The average Bonchev–Trinajstić information content (AvgIpc) is 2.17. The van der Waals surface area contributed by atoms with Crippen molar-refractivity contribution >= 4 is 6.09 Å². The van der Waals surface area contributed by atoms with Crippen LogP contribution in [0.15, 0.2) is 18.3 Å². The van der Waals surface area contributed by atoms with Crippen LogP contribution in [0.25, 0.3) is 0 Å². The number of pyridine rings is 1. The number of ether oxygens (including phenoxy) is 1. The van der Waals surface area contributed by atoms with E-state index < -0.39 is 5.60 Å². The number of aryl methyl sites for hydroxylation is 2. The lowest BCUT2D eigenvalue weighted by molar-refractivity contribution is -0.679. The first kappa shape index (κ1) is 17.2. The molecule has 1 N–H and O–H groups in total. The highest BCUT2D eigenvalue weighted by Crippen LogP contribution is 2.06. The van der Waals surface area contributed by atoms with E-state index in [0.29, 0.717) is 6.54 Å². The van der Waals surface area contributed by atoms with Crippen molar-refractivity contribution in [2.45, 2.75) is 39.8 Å². The Hall–Kier alpha value is -0.850. The first-order valence-electron chi connectivity index (χ1n) is 5.70. The summed E-state index contributed by atoms with van der Waals surface area (Å²) in [4.78, 5) is 11.5. The Labute approximate surface area is 126 Å². The molecule has 1 rings (SSSR count). The van der Waals surface area contributed by atoms with Gasteiger partial charge in [0.05, 0.1) is 0 Å². The summed E-state index contributed by atoms with van der Waals surface area (Å²) >= 11 is 0. The van der Waals surface area contributed by atoms with Gasteiger partial charge >= 0.3 is 6.09 Å². The second-order valence-corrected chi connectivity index (χ2v) is 5.16. The molecule has 1 heterocycles. The monoisotopic (exact) mass is 364 g/mol. The number of halogens is 1. The van der Waals surface area contributed by atoms with E-state index in [-0.39, 0.29) is 30.1 Å². The molecular formula is C13H21IN2O2. The summed E-state index contributed by atoms with van der Waals surface area (Å²) in [6, 6.07) is 4.06. The zero-order valence-electron chi connectivity index (χ0n) is 11.6. The molecular weight excluding hydrogens is 343 g/mol. The maximum Gasteiger partial charge on any atom is 0.408 e. The molecule has 18 heavy (non-hydrogen) atoms. The van der Waals surface area contributed by atoms with Crippen molar-refractivity contribution in [3.8, 4) is 0 Å². The molecule has 0 radical (unpaired) electrons. The van der Waals surface area contributed by atoms with Crippen LogP contribution in [0.5, 0.6) is 0 Å². The van der Waals surface area contributed by atoms with Gasteiger partial charge in [0.2, 0.25) is 5.69 Å². The van der Waals surface area contributed by atoms with Gasteiger partial charge in [0.25, 0.3) is 0 Å². The first-order valence-corrected chi connectivity index (χ1v) is 5.70. The zero-order valence-corrected chi connectivity index (χ0v) is 13.7. The molecule has 1 aromatic heterocycles. The summed E-state index contributed by atoms with van der Waals surface area (Å²) < 4.78 is 7.15. The Bertz CT molecular complexity index is 414. The third kappa shape index (κ3) is 6.18. The minimum Gasteiger partial charge on any atom is -1.00 e. The van der Waals surface area contributed by atoms with Crippen LogP contribution in [0.2, 0.25) is 0 Å². The lowest BCUT2D eigenvalue weighted by Crippen LogP contribution is -3.00. The van der Waals surface area contributed by atoms with Crippen LogP contribution in [-0.4, -0.2) is 11.7 Å². The van der Waals surface area contributed by atoms with Gasteiger partial charge < -0.3 is 34.0 Å². The number of alkyl carbamates (subject to hydrolysis) is 1. The fraction of sp³-hybridized carbons (Fsp3) is 0.538. The summed E-state index contributed by atoms with van der Waals surface area (Å²) in [6.45, 7) is 8.03. The smallest absolute Gasteiger partial charge is 0.408 e. The van der Waals surface area contributed by atoms with Crippen LogP contribution < -0.4 is 33.9 Å². The first-order chi connectivity index (χ1) is 7.78. The molecule has 0 aromatic carbocycles. The van der Waals surface area contributed by atoms with Crippen molar-refractivity contribution in [1.29, 1.82) is 0 Å². The second-order valence-electron chi connectivity index (χ2n) is 5.16. The van der Waals surface area contributed by atoms with Gasteiger partial charge in [-0.3, -0.25) is 0 Å². The highest BCUT2D eigenvalue weighted by molar-refractivity contribution is 5.67. The van der Waals surface area contributed by atoms with Gasteiger partial charge in [0.1, 0.15) is 19.2 Å². The molecule has 4 nitrogen and oxygen atoms in total. The second kappa shape index (κ2) is 6.92. The molecule has 0 fully saturated rings. The number of amides is 1. The molecule has 0 saturated carbocycles. The summed E-state index contributed by atoms with van der Waals surface area (Å²) in [5.41, 5.74) is 1.75. The molecule has 0 atom stereocenters. The Balaban J connectivity index is 0.00000289. The number of hydrogen-bond donors (Lipinski definition) is 1. The molecule has 0 aliphatic carbocycles. The van der Waals surface area contributed by atoms with Crippen LogP contribution in [0.1, 0.15) is 32.0 Å². The van der Waals surface area contributed by atoms with Crippen molar-refractivity contribution in [3.05, 3.63) is 29.6 Å². The molecule has 5 heteroatoms. The lowest BCUT2D eigenvalue weighted by Gasteiger charge is -2.19. The lowest BCUT2D eigenvalue weighted by atomic mass is 10.2. The van der Waals surface area contributed by atoms with Crippen molar-refractivity contribution in [1.82, 2.24) is 5.32 Å². The largest absolute Gasteiger partial charge is 1.00 e. The Morgan fingerprint density at radius 1 is 1.44 bits per heavy atom. The topological polar surface area (TPSA) is 42.2 Å². The van der Waals surface area contributed by atoms with E-state index in [9.17, 15) is 4.79 Å². The standard InChI is InChI=1S/C13H20N2O2.HI/c1-10-6-7-15(5)11(8-10)9-14-12(16)17-13(2,3)4;/h6-8H,9H2,1-5H3;1H. The van der Waals surface area contributed by atoms with E-state index in [1.807, 2.05) is 57.6 Å². The average molecular weight is 364 g/mol. The summed E-state index contributed by atoms with van der Waals surface area (Å²) in [6.07, 6.45) is 1.58. The van der Waals surface area contributed by atoms with Gasteiger partial charge in [-0.15, -0.1) is 0 Å². The van der Waals surface area contributed by atoms with E-state index in [1.165, 1.54) is 5.56 Å². The molecule has 0 bridgehead atoms. The Kier molecular flexibility index (Phi) is 6.59. The summed E-state index contributed by atoms with van der Waals surface area (Å²) in [5, 5.41) is 2.74. The number of carbonyl (C=O) groups is 1. The third-order valence-electron chi connectivity index (χ3n) is 2.22. The summed E-state index contributed by atoms with van der Waals surface area (Å²) in [5.74, 6) is 0. The van der Waals surface area contributed by atoms with Crippen molar-refractivity contribution in [3.63, 3.8) is 0 Å². The van der Waals surface area contributed by atoms with Crippen molar-refractivity contribution in [2.75, 3.05) is 0 Å². The molecule has 0 aliphatic rings. The minimum absolute atomic E-state index is 0. The van der Waals surface area contributed by atoms with E-state index in [2.05, 4.69) is 5.32 Å².